The molecule has 2 fully saturated rings. The first-order chi connectivity index (χ1) is 21.6. The minimum atomic E-state index is -0.533. The monoisotopic (exact) mass is 596 g/mol. The number of alkyl carbamates (subject to hydrolysis) is 1. The molecule has 2 aliphatic rings. The van der Waals surface area contributed by atoms with Crippen molar-refractivity contribution in [3.63, 3.8) is 0 Å². The molecule has 1 saturated carbocycles. The lowest BCUT2D eigenvalue weighted by atomic mass is 9.98. The fourth-order valence-electron chi connectivity index (χ4n) is 6.19. The van der Waals surface area contributed by atoms with Gasteiger partial charge in [0.25, 0.3) is 0 Å². The van der Waals surface area contributed by atoms with Gasteiger partial charge in [-0.1, -0.05) is 92.2 Å². The van der Waals surface area contributed by atoms with E-state index >= 15 is 0 Å². The van der Waals surface area contributed by atoms with Crippen molar-refractivity contribution >= 4 is 6.09 Å². The predicted octanol–water partition coefficient (Wildman–Crippen LogP) is 7.23. The third kappa shape index (κ3) is 8.45. The lowest BCUT2D eigenvalue weighted by Gasteiger charge is -2.39. The zero-order chi connectivity index (χ0) is 30.7. The van der Waals surface area contributed by atoms with Gasteiger partial charge in [-0.2, -0.15) is 0 Å². The molecule has 7 heteroatoms. The van der Waals surface area contributed by atoms with Crippen molar-refractivity contribution in [2.75, 3.05) is 19.7 Å². The molecule has 1 aliphatic heterocycles. The summed E-state index contributed by atoms with van der Waals surface area (Å²) in [7, 11) is 0. The maximum atomic E-state index is 11.9. The van der Waals surface area contributed by atoms with E-state index in [1.165, 1.54) is 31.8 Å². The number of aliphatic hydroxyl groups is 1. The lowest BCUT2D eigenvalue weighted by Crippen LogP contribution is -2.43. The molecule has 7 nitrogen and oxygen atoms in total. The molecule has 1 aliphatic carbocycles. The number of hydrogen-bond acceptors (Lipinski definition) is 6. The largest absolute Gasteiger partial charge is 0.445 e. The Kier molecular flexibility index (Phi) is 11.4. The predicted molar refractivity (Wildman–Crippen MR) is 173 cm³/mol. The number of carbonyl (C=O) groups excluding carboxylic acids is 1. The Balaban J connectivity index is 1.36. The Morgan fingerprint density at radius 1 is 0.932 bits per heavy atom. The molecule has 3 atom stereocenters. The molecule has 3 unspecified atom stereocenters. The Morgan fingerprint density at radius 3 is 2.41 bits per heavy atom. The van der Waals surface area contributed by atoms with Crippen LogP contribution in [0.25, 0.3) is 11.1 Å². The fourth-order valence-corrected chi connectivity index (χ4v) is 6.19. The van der Waals surface area contributed by atoms with Crippen molar-refractivity contribution in [3.8, 4) is 11.1 Å². The summed E-state index contributed by atoms with van der Waals surface area (Å²) in [6.07, 6.45) is 8.12. The molecule has 1 saturated heterocycles. The van der Waals surface area contributed by atoms with Crippen LogP contribution in [0.4, 0.5) is 4.79 Å². The Labute approximate surface area is 261 Å². The number of ether oxygens (including phenoxy) is 3. The van der Waals surface area contributed by atoms with E-state index in [0.717, 1.165) is 52.9 Å². The van der Waals surface area contributed by atoms with Crippen LogP contribution >= 0.6 is 0 Å². The number of nitrogens with zero attached hydrogens (tertiary/aromatic N) is 1. The zero-order valence-corrected chi connectivity index (χ0v) is 25.4. The molecule has 0 radical (unpaired) electrons. The van der Waals surface area contributed by atoms with Gasteiger partial charge in [-0.3, -0.25) is 4.90 Å². The van der Waals surface area contributed by atoms with Crippen LogP contribution in [0, 0.1) is 0 Å². The topological polar surface area (TPSA) is 80.3 Å². The van der Waals surface area contributed by atoms with Crippen molar-refractivity contribution < 1.29 is 24.1 Å². The van der Waals surface area contributed by atoms with Crippen LogP contribution in [0.2, 0.25) is 0 Å². The number of benzene rings is 3. The average Bonchev–Trinajstić information content (AvgIpc) is 3.62. The average molecular weight is 597 g/mol. The second kappa shape index (κ2) is 15.8. The third-order valence-electron chi connectivity index (χ3n) is 8.45. The van der Waals surface area contributed by atoms with Crippen LogP contribution < -0.4 is 5.32 Å². The van der Waals surface area contributed by atoms with E-state index in [0.29, 0.717) is 12.6 Å². The molecule has 0 spiro atoms. The number of carbonyl (C=O) groups is 1. The first kappa shape index (κ1) is 31.7. The second-order valence-corrected chi connectivity index (χ2v) is 11.6. The van der Waals surface area contributed by atoms with Gasteiger partial charge in [0.1, 0.15) is 6.61 Å². The van der Waals surface area contributed by atoms with E-state index in [4.69, 9.17) is 14.2 Å². The molecule has 3 aromatic rings. The Bertz CT molecular complexity index is 1380. The first-order valence-corrected chi connectivity index (χ1v) is 15.6. The SMILES string of the molecule is C=CCOC(=O)NCc1cccc(-c2cccc(C3OC(CN(CC=C)C4CCCC4)CC(c4ccc(CO)cc4)O3)c2)c1. The molecule has 3 aromatic carbocycles. The maximum Gasteiger partial charge on any atom is 0.407 e. The first-order valence-electron chi connectivity index (χ1n) is 15.6. The quantitative estimate of drug-likeness (QED) is 0.203. The molecule has 0 bridgehead atoms. The number of aliphatic hydroxyl groups excluding tert-OH is 1. The van der Waals surface area contributed by atoms with Crippen LogP contribution in [-0.4, -0.2) is 47.9 Å². The van der Waals surface area contributed by atoms with Gasteiger partial charge in [-0.15, -0.1) is 6.58 Å². The van der Waals surface area contributed by atoms with Crippen molar-refractivity contribution in [2.45, 2.75) is 69.8 Å². The summed E-state index contributed by atoms with van der Waals surface area (Å²) in [5.41, 5.74) is 5.96. The molecular weight excluding hydrogens is 552 g/mol. The standard InChI is InChI=1S/C37H44N2O5/c1-3-19-39(33-13-5-6-14-33)25-34-23-35(29-17-15-27(26-40)16-18-29)44-36(43-34)32-12-8-11-31(22-32)30-10-7-9-28(21-30)24-38-37(41)42-20-4-2/h3-4,7-12,15-18,21-22,33-36,40H,1-2,5-6,13-14,19-20,23-26H2,(H,38,41). The molecule has 0 aromatic heterocycles. The number of rotatable bonds is 13. The molecular formula is C37H44N2O5. The summed E-state index contributed by atoms with van der Waals surface area (Å²) in [4.78, 5) is 14.4. The van der Waals surface area contributed by atoms with Gasteiger partial charge in [0.15, 0.2) is 6.29 Å². The van der Waals surface area contributed by atoms with Gasteiger partial charge in [0.05, 0.1) is 18.8 Å². The maximum absolute atomic E-state index is 11.9. The summed E-state index contributed by atoms with van der Waals surface area (Å²) < 4.78 is 18.4. The Hall–Kier alpha value is -3.75. The van der Waals surface area contributed by atoms with Crippen LogP contribution in [0.1, 0.15) is 66.8 Å². The minimum Gasteiger partial charge on any atom is -0.445 e. The number of amides is 1. The van der Waals surface area contributed by atoms with E-state index in [-0.39, 0.29) is 25.4 Å². The van der Waals surface area contributed by atoms with Crippen LogP contribution in [0.15, 0.2) is 98.1 Å². The van der Waals surface area contributed by atoms with Crippen molar-refractivity contribution in [3.05, 3.63) is 120 Å². The molecule has 232 valence electrons. The highest BCUT2D eigenvalue weighted by Gasteiger charge is 2.34. The van der Waals surface area contributed by atoms with E-state index in [9.17, 15) is 9.90 Å². The van der Waals surface area contributed by atoms with Gasteiger partial charge in [-0.25, -0.2) is 4.79 Å². The third-order valence-corrected chi connectivity index (χ3v) is 8.45. The van der Waals surface area contributed by atoms with E-state index in [1.54, 1.807) is 0 Å². The van der Waals surface area contributed by atoms with Gasteiger partial charge in [0, 0.05) is 37.7 Å². The zero-order valence-electron chi connectivity index (χ0n) is 25.4. The summed E-state index contributed by atoms with van der Waals surface area (Å²) in [6, 6.07) is 25.0. The fraction of sp³-hybridized carbons (Fsp3) is 0.378. The highest BCUT2D eigenvalue weighted by atomic mass is 16.7. The summed E-state index contributed by atoms with van der Waals surface area (Å²) in [5.74, 6) is 0. The molecule has 2 N–H and O–H groups in total. The minimum absolute atomic E-state index is 0.0154. The van der Waals surface area contributed by atoms with Crippen molar-refractivity contribution in [1.29, 1.82) is 0 Å². The highest BCUT2D eigenvalue weighted by molar-refractivity contribution is 5.68. The van der Waals surface area contributed by atoms with Gasteiger partial charge < -0.3 is 24.6 Å². The van der Waals surface area contributed by atoms with E-state index in [2.05, 4.69) is 65.8 Å². The number of hydrogen-bond donors (Lipinski definition) is 2. The van der Waals surface area contributed by atoms with Crippen molar-refractivity contribution in [1.82, 2.24) is 10.2 Å². The molecule has 44 heavy (non-hydrogen) atoms. The van der Waals surface area contributed by atoms with E-state index < -0.39 is 12.4 Å². The van der Waals surface area contributed by atoms with Gasteiger partial charge >= 0.3 is 6.09 Å². The lowest BCUT2D eigenvalue weighted by molar-refractivity contribution is -0.253. The van der Waals surface area contributed by atoms with Crippen LogP contribution in [0.3, 0.4) is 0 Å². The summed E-state index contributed by atoms with van der Waals surface area (Å²) in [6.45, 7) is 9.81. The van der Waals surface area contributed by atoms with Gasteiger partial charge in [-0.05, 0) is 52.8 Å². The molecule has 1 heterocycles. The molecule has 1 amide bonds. The van der Waals surface area contributed by atoms with Crippen LogP contribution in [-0.2, 0) is 27.4 Å². The second-order valence-electron chi connectivity index (χ2n) is 11.6. The summed E-state index contributed by atoms with van der Waals surface area (Å²) in [5, 5.41) is 12.3. The van der Waals surface area contributed by atoms with Crippen molar-refractivity contribution in [2.24, 2.45) is 0 Å². The summed E-state index contributed by atoms with van der Waals surface area (Å²) >= 11 is 0. The highest BCUT2D eigenvalue weighted by Crippen LogP contribution is 2.39. The van der Waals surface area contributed by atoms with Crippen LogP contribution in [0.5, 0.6) is 0 Å². The molecule has 5 rings (SSSR count). The normalized spacial score (nSPS) is 20.4. The van der Waals surface area contributed by atoms with Gasteiger partial charge in [0.2, 0.25) is 0 Å². The Morgan fingerprint density at radius 2 is 1.68 bits per heavy atom. The smallest absolute Gasteiger partial charge is 0.407 e. The number of nitrogens with one attached hydrogen (secondary N) is 1. The van der Waals surface area contributed by atoms with E-state index in [1.807, 2.05) is 36.4 Å².